The molecule has 4 aromatic rings. The van der Waals surface area contributed by atoms with Crippen molar-refractivity contribution >= 4 is 75.3 Å². The highest BCUT2D eigenvalue weighted by Gasteiger charge is 2.23. The Bertz CT molecular complexity index is 1570. The lowest BCUT2D eigenvalue weighted by Gasteiger charge is -2.36. The Morgan fingerprint density at radius 3 is 2.30 bits per heavy atom. The third kappa shape index (κ3) is 6.42. The molecule has 2 amide bonds. The number of anilines is 2. The van der Waals surface area contributed by atoms with E-state index in [1.807, 2.05) is 47.4 Å². The molecule has 1 fully saturated rings. The number of furan rings is 1. The second-order valence-corrected chi connectivity index (χ2v) is 10.7. The number of benzene rings is 3. The van der Waals surface area contributed by atoms with Crippen LogP contribution in [0.25, 0.3) is 11.3 Å². The van der Waals surface area contributed by atoms with Gasteiger partial charge in [-0.1, -0.05) is 53.0 Å². The first-order valence-electron chi connectivity index (χ1n) is 12.3. The molecule has 7 nitrogen and oxygen atoms in total. The molecule has 3 aromatic carbocycles. The number of hydrogen-bond acceptors (Lipinski definition) is 5. The summed E-state index contributed by atoms with van der Waals surface area (Å²) < 4.78 is 5.67. The van der Waals surface area contributed by atoms with E-state index in [-0.39, 0.29) is 16.8 Å². The number of amides is 2. The summed E-state index contributed by atoms with van der Waals surface area (Å²) in [6.07, 6.45) is 0. The van der Waals surface area contributed by atoms with Crippen LogP contribution in [0, 0.1) is 0 Å². The number of nitrogens with zero attached hydrogens (tertiary/aromatic N) is 2. The first-order chi connectivity index (χ1) is 19.3. The molecule has 2 heterocycles. The molecule has 1 saturated heterocycles. The van der Waals surface area contributed by atoms with Gasteiger partial charge in [-0.25, -0.2) is 0 Å². The van der Waals surface area contributed by atoms with Crippen LogP contribution in [0.15, 0.2) is 83.3 Å². The Morgan fingerprint density at radius 2 is 1.57 bits per heavy atom. The smallest absolute Gasteiger partial charge is 0.293 e. The van der Waals surface area contributed by atoms with Crippen molar-refractivity contribution in [3.05, 3.63) is 105 Å². The quantitative estimate of drug-likeness (QED) is 0.236. The number of thiocarbonyl (C=S) groups is 1. The maximum absolute atomic E-state index is 12.7. The van der Waals surface area contributed by atoms with Crippen molar-refractivity contribution in [2.75, 3.05) is 36.4 Å². The first kappa shape index (κ1) is 28.0. The predicted octanol–water partition coefficient (Wildman–Crippen LogP) is 7.00. The fourth-order valence-electron chi connectivity index (χ4n) is 4.37. The molecule has 2 N–H and O–H groups in total. The molecule has 0 radical (unpaired) electrons. The van der Waals surface area contributed by atoms with E-state index in [0.29, 0.717) is 63.8 Å². The van der Waals surface area contributed by atoms with E-state index >= 15 is 0 Å². The average molecular weight is 614 g/mol. The molecular formula is C29H23Cl3N4O3S. The van der Waals surface area contributed by atoms with Gasteiger partial charge < -0.3 is 19.5 Å². The molecule has 0 unspecified atom stereocenters. The molecule has 1 aromatic heterocycles. The Balaban J connectivity index is 1.16. The molecule has 0 spiro atoms. The molecular weight excluding hydrogens is 591 g/mol. The second-order valence-electron chi connectivity index (χ2n) is 9.01. The average Bonchev–Trinajstić information content (AvgIpc) is 3.45. The van der Waals surface area contributed by atoms with Gasteiger partial charge in [0.05, 0.1) is 15.7 Å². The minimum Gasteiger partial charge on any atom is -0.451 e. The van der Waals surface area contributed by atoms with Crippen molar-refractivity contribution < 1.29 is 14.0 Å². The number of rotatable bonds is 5. The maximum atomic E-state index is 12.7. The van der Waals surface area contributed by atoms with Crippen molar-refractivity contribution in [3.8, 4) is 11.3 Å². The Labute approximate surface area is 251 Å². The fraction of sp³-hybridized carbons (Fsp3) is 0.138. The molecule has 1 aliphatic rings. The van der Waals surface area contributed by atoms with Crippen molar-refractivity contribution in [1.29, 1.82) is 0 Å². The Hall–Kier alpha value is -3.56. The zero-order valence-corrected chi connectivity index (χ0v) is 24.1. The van der Waals surface area contributed by atoms with Gasteiger partial charge in [-0.15, -0.1) is 0 Å². The van der Waals surface area contributed by atoms with Crippen LogP contribution in [0.3, 0.4) is 0 Å². The number of nitrogens with one attached hydrogen (secondary N) is 2. The van der Waals surface area contributed by atoms with E-state index in [2.05, 4.69) is 15.5 Å². The van der Waals surface area contributed by atoms with E-state index < -0.39 is 5.91 Å². The summed E-state index contributed by atoms with van der Waals surface area (Å²) in [6.45, 7) is 2.51. The van der Waals surface area contributed by atoms with Gasteiger partial charge in [0, 0.05) is 48.0 Å². The van der Waals surface area contributed by atoms with Gasteiger partial charge >= 0.3 is 0 Å². The molecule has 204 valence electrons. The molecule has 5 rings (SSSR count). The van der Waals surface area contributed by atoms with Crippen LogP contribution < -0.4 is 15.5 Å². The zero-order chi connectivity index (χ0) is 28.2. The van der Waals surface area contributed by atoms with Gasteiger partial charge in [-0.2, -0.15) is 0 Å². The predicted molar refractivity (Wildman–Crippen MR) is 164 cm³/mol. The highest BCUT2D eigenvalue weighted by atomic mass is 35.5. The van der Waals surface area contributed by atoms with E-state index in [1.165, 1.54) is 6.07 Å². The third-order valence-electron chi connectivity index (χ3n) is 6.38. The van der Waals surface area contributed by atoms with Crippen molar-refractivity contribution in [1.82, 2.24) is 10.2 Å². The van der Waals surface area contributed by atoms with Crippen LogP contribution in [0.2, 0.25) is 15.1 Å². The van der Waals surface area contributed by atoms with Crippen LogP contribution >= 0.6 is 47.0 Å². The maximum Gasteiger partial charge on any atom is 0.293 e. The molecule has 0 aliphatic carbocycles. The van der Waals surface area contributed by atoms with Gasteiger partial charge in [-0.3, -0.25) is 14.9 Å². The summed E-state index contributed by atoms with van der Waals surface area (Å²) in [7, 11) is 0. The van der Waals surface area contributed by atoms with Crippen LogP contribution in [0.4, 0.5) is 11.4 Å². The Morgan fingerprint density at radius 1 is 0.825 bits per heavy atom. The van der Waals surface area contributed by atoms with Gasteiger partial charge in [0.2, 0.25) is 0 Å². The van der Waals surface area contributed by atoms with E-state index in [1.54, 1.807) is 30.3 Å². The largest absolute Gasteiger partial charge is 0.451 e. The lowest BCUT2D eigenvalue weighted by atomic mass is 10.1. The minimum atomic E-state index is -0.521. The summed E-state index contributed by atoms with van der Waals surface area (Å²) in [6, 6.07) is 22.9. The number of piperazine rings is 1. The summed E-state index contributed by atoms with van der Waals surface area (Å²) in [5.41, 5.74) is 2.73. The Kier molecular flexibility index (Phi) is 8.61. The van der Waals surface area contributed by atoms with Crippen molar-refractivity contribution in [3.63, 3.8) is 0 Å². The third-order valence-corrected chi connectivity index (χ3v) is 7.46. The highest BCUT2D eigenvalue weighted by Crippen LogP contribution is 2.32. The van der Waals surface area contributed by atoms with Crippen LogP contribution in [-0.2, 0) is 0 Å². The lowest BCUT2D eigenvalue weighted by Crippen LogP contribution is -2.48. The summed E-state index contributed by atoms with van der Waals surface area (Å²) in [5.74, 6) is -0.0225. The van der Waals surface area contributed by atoms with Crippen LogP contribution in [-0.4, -0.2) is 48.0 Å². The normalized spacial score (nSPS) is 13.2. The van der Waals surface area contributed by atoms with E-state index in [4.69, 9.17) is 51.4 Å². The number of carbonyl (C=O) groups excluding carboxylic acids is 2. The van der Waals surface area contributed by atoms with Gasteiger partial charge in [0.1, 0.15) is 5.76 Å². The highest BCUT2D eigenvalue weighted by molar-refractivity contribution is 7.80. The van der Waals surface area contributed by atoms with Crippen molar-refractivity contribution in [2.24, 2.45) is 0 Å². The zero-order valence-electron chi connectivity index (χ0n) is 21.0. The van der Waals surface area contributed by atoms with Gasteiger partial charge in [0.15, 0.2) is 10.9 Å². The fourth-order valence-corrected chi connectivity index (χ4v) is 5.27. The van der Waals surface area contributed by atoms with E-state index in [9.17, 15) is 9.59 Å². The molecule has 0 saturated carbocycles. The standard InChI is InChI=1S/C29H23Cl3N4O3S/c30-19-6-8-22(31)21(16-19)25-10-11-26(39-25)27(37)34-29(40)33-20-7-9-24(23(32)17-20)35-12-14-36(15-13-35)28(38)18-4-2-1-3-5-18/h1-11,16-17H,12-15H2,(H2,33,34,37,40). The van der Waals surface area contributed by atoms with Gasteiger partial charge in [-0.05, 0) is 72.9 Å². The molecule has 40 heavy (non-hydrogen) atoms. The number of halogens is 3. The van der Waals surface area contributed by atoms with Gasteiger partial charge in [0.25, 0.3) is 11.8 Å². The van der Waals surface area contributed by atoms with Crippen LogP contribution in [0.5, 0.6) is 0 Å². The molecule has 1 aliphatic heterocycles. The molecule has 0 bridgehead atoms. The SMILES string of the molecule is O=C(NC(=S)Nc1ccc(N2CCN(C(=O)c3ccccc3)CC2)c(Cl)c1)c1ccc(-c2cc(Cl)ccc2Cl)o1. The van der Waals surface area contributed by atoms with E-state index in [0.717, 1.165) is 5.69 Å². The monoisotopic (exact) mass is 612 g/mol. The summed E-state index contributed by atoms with van der Waals surface area (Å²) in [4.78, 5) is 29.4. The second kappa shape index (κ2) is 12.3. The lowest BCUT2D eigenvalue weighted by molar-refractivity contribution is 0.0746. The topological polar surface area (TPSA) is 77.8 Å². The first-order valence-corrected chi connectivity index (χ1v) is 13.9. The van der Waals surface area contributed by atoms with Crippen LogP contribution in [0.1, 0.15) is 20.9 Å². The molecule has 11 heteroatoms. The minimum absolute atomic E-state index is 0.0282. The van der Waals surface area contributed by atoms with Crippen molar-refractivity contribution in [2.45, 2.75) is 0 Å². The molecule has 0 atom stereocenters. The number of carbonyl (C=O) groups is 2. The number of hydrogen-bond donors (Lipinski definition) is 2. The summed E-state index contributed by atoms with van der Waals surface area (Å²) in [5, 5.41) is 7.13. The summed E-state index contributed by atoms with van der Waals surface area (Å²) >= 11 is 24.2.